The van der Waals surface area contributed by atoms with Gasteiger partial charge in [0.1, 0.15) is 0 Å². The number of alkyl halides is 3. The first-order valence-corrected chi connectivity index (χ1v) is 7.35. The second-order valence-corrected chi connectivity index (χ2v) is 5.99. The molecule has 1 atom stereocenters. The number of hydrogen-bond acceptors (Lipinski definition) is 2. The molecule has 0 amide bonds. The van der Waals surface area contributed by atoms with Crippen LogP contribution < -0.4 is 5.32 Å². The molecule has 0 radical (unpaired) electrons. The van der Waals surface area contributed by atoms with E-state index in [9.17, 15) is 13.2 Å². The topological polar surface area (TPSA) is 29.9 Å². The quantitative estimate of drug-likeness (QED) is 0.885. The van der Waals surface area contributed by atoms with Gasteiger partial charge in [-0.3, -0.25) is 0 Å². The van der Waals surface area contributed by atoms with Gasteiger partial charge in [0.05, 0.1) is 11.9 Å². The van der Waals surface area contributed by atoms with Gasteiger partial charge in [-0.25, -0.2) is 4.98 Å². The Morgan fingerprint density at radius 1 is 1.29 bits per heavy atom. The molecule has 1 fully saturated rings. The Kier molecular flexibility index (Phi) is 3.79. The highest BCUT2D eigenvalue weighted by molar-refractivity contribution is 9.10. The Hall–Kier alpha value is -1.34. The highest BCUT2D eigenvalue weighted by Crippen LogP contribution is 2.34. The molecule has 0 bridgehead atoms. The summed E-state index contributed by atoms with van der Waals surface area (Å²) >= 11 is 3.15. The summed E-state index contributed by atoms with van der Waals surface area (Å²) in [5.41, 5.74) is 0.735. The van der Waals surface area contributed by atoms with E-state index in [1.807, 2.05) is 0 Å². The second kappa shape index (κ2) is 5.46. The summed E-state index contributed by atoms with van der Waals surface area (Å²) in [6.07, 6.45) is -0.110. The van der Waals surface area contributed by atoms with Gasteiger partial charge in [0.15, 0.2) is 0 Å². The summed E-state index contributed by atoms with van der Waals surface area (Å²) < 4.78 is 40.9. The van der Waals surface area contributed by atoms with Gasteiger partial charge < -0.3 is 9.88 Å². The molecule has 0 spiro atoms. The third kappa shape index (κ3) is 2.98. The number of aromatic nitrogens is 2. The fourth-order valence-corrected chi connectivity index (χ4v) is 3.09. The monoisotopic (exact) mass is 359 g/mol. The molecule has 7 heteroatoms. The van der Waals surface area contributed by atoms with Crippen LogP contribution in [0.4, 0.5) is 13.2 Å². The third-order valence-corrected chi connectivity index (χ3v) is 4.09. The summed E-state index contributed by atoms with van der Waals surface area (Å²) in [6.45, 7) is 1.74. The van der Waals surface area contributed by atoms with Crippen LogP contribution in [-0.4, -0.2) is 22.6 Å². The average molecular weight is 360 g/mol. The average Bonchev–Trinajstić information content (AvgIpc) is 3.07. The lowest BCUT2D eigenvalue weighted by atomic mass is 10.1. The lowest BCUT2D eigenvalue weighted by Crippen LogP contribution is -2.11. The first kappa shape index (κ1) is 14.6. The summed E-state index contributed by atoms with van der Waals surface area (Å²) in [7, 11) is 0. The Balaban J connectivity index is 2.05. The Labute approximate surface area is 128 Å². The van der Waals surface area contributed by atoms with Crippen LogP contribution in [0, 0.1) is 0 Å². The number of nitrogens with one attached hydrogen (secondary N) is 1. The van der Waals surface area contributed by atoms with Crippen LogP contribution in [0.1, 0.15) is 23.6 Å². The van der Waals surface area contributed by atoms with Crippen LogP contribution in [0.2, 0.25) is 0 Å². The number of hydrogen-bond donors (Lipinski definition) is 1. The molecule has 1 aliphatic heterocycles. The van der Waals surface area contributed by atoms with Crippen molar-refractivity contribution in [3.05, 3.63) is 46.5 Å². The standard InChI is InChI=1S/C14H13BrF3N3/c15-11-3-10(14(16,17)18)4-12(5-11)21-8-20-7-13(21)9-1-2-19-6-9/h3-5,7-9,19H,1-2,6H2. The van der Waals surface area contributed by atoms with Crippen LogP contribution in [-0.2, 0) is 6.18 Å². The van der Waals surface area contributed by atoms with E-state index in [0.717, 1.165) is 37.3 Å². The zero-order chi connectivity index (χ0) is 15.0. The molecular weight excluding hydrogens is 347 g/mol. The van der Waals surface area contributed by atoms with E-state index in [-0.39, 0.29) is 5.92 Å². The molecule has 0 aliphatic carbocycles. The minimum Gasteiger partial charge on any atom is -0.316 e. The molecule has 21 heavy (non-hydrogen) atoms. The maximum atomic E-state index is 12.9. The lowest BCUT2D eigenvalue weighted by Gasteiger charge is -2.15. The maximum Gasteiger partial charge on any atom is 0.416 e. The van der Waals surface area contributed by atoms with Crippen molar-refractivity contribution >= 4 is 15.9 Å². The molecule has 2 aromatic rings. The number of halogens is 4. The summed E-state index contributed by atoms with van der Waals surface area (Å²) in [4.78, 5) is 4.10. The smallest absolute Gasteiger partial charge is 0.316 e. The van der Waals surface area contributed by atoms with Crippen molar-refractivity contribution in [3.63, 3.8) is 0 Å². The zero-order valence-corrected chi connectivity index (χ0v) is 12.6. The number of nitrogens with zero attached hydrogens (tertiary/aromatic N) is 2. The van der Waals surface area contributed by atoms with Gasteiger partial charge in [-0.1, -0.05) is 15.9 Å². The Morgan fingerprint density at radius 3 is 2.76 bits per heavy atom. The predicted octanol–water partition coefficient (Wildman–Crippen LogP) is 3.73. The van der Waals surface area contributed by atoms with Crippen molar-refractivity contribution in [2.45, 2.75) is 18.5 Å². The second-order valence-electron chi connectivity index (χ2n) is 5.07. The fourth-order valence-electron chi connectivity index (χ4n) is 2.61. The summed E-state index contributed by atoms with van der Waals surface area (Å²) in [6, 6.07) is 3.90. The van der Waals surface area contributed by atoms with E-state index in [1.165, 1.54) is 0 Å². The highest BCUT2D eigenvalue weighted by Gasteiger charge is 2.31. The maximum absolute atomic E-state index is 12.9. The van der Waals surface area contributed by atoms with Gasteiger partial charge in [-0.05, 0) is 31.2 Å². The number of benzene rings is 1. The number of rotatable bonds is 2. The largest absolute Gasteiger partial charge is 0.416 e. The molecule has 1 unspecified atom stereocenters. The van der Waals surface area contributed by atoms with Crippen molar-refractivity contribution in [2.75, 3.05) is 13.1 Å². The predicted molar refractivity (Wildman–Crippen MR) is 76.5 cm³/mol. The van der Waals surface area contributed by atoms with Gasteiger partial charge in [-0.15, -0.1) is 0 Å². The van der Waals surface area contributed by atoms with Crippen molar-refractivity contribution < 1.29 is 13.2 Å². The van der Waals surface area contributed by atoms with E-state index in [2.05, 4.69) is 26.2 Å². The lowest BCUT2D eigenvalue weighted by molar-refractivity contribution is -0.137. The van der Waals surface area contributed by atoms with Gasteiger partial charge in [0.2, 0.25) is 0 Å². The van der Waals surface area contributed by atoms with Crippen molar-refractivity contribution in [3.8, 4) is 5.69 Å². The van der Waals surface area contributed by atoms with E-state index in [4.69, 9.17) is 0 Å². The molecule has 0 saturated carbocycles. The number of imidazole rings is 1. The van der Waals surface area contributed by atoms with E-state index >= 15 is 0 Å². The van der Waals surface area contributed by atoms with Crippen molar-refractivity contribution in [2.24, 2.45) is 0 Å². The Bertz CT molecular complexity index is 645. The van der Waals surface area contributed by atoms with E-state index in [1.54, 1.807) is 23.2 Å². The third-order valence-electron chi connectivity index (χ3n) is 3.63. The van der Waals surface area contributed by atoms with E-state index < -0.39 is 11.7 Å². The zero-order valence-electron chi connectivity index (χ0n) is 11.0. The van der Waals surface area contributed by atoms with E-state index in [0.29, 0.717) is 10.2 Å². The molecule has 1 N–H and O–H groups in total. The van der Waals surface area contributed by atoms with Gasteiger partial charge in [-0.2, -0.15) is 13.2 Å². The van der Waals surface area contributed by atoms with Gasteiger partial charge in [0.25, 0.3) is 0 Å². The molecule has 1 saturated heterocycles. The Morgan fingerprint density at radius 2 is 2.10 bits per heavy atom. The van der Waals surface area contributed by atoms with Crippen LogP contribution >= 0.6 is 15.9 Å². The van der Waals surface area contributed by atoms with Crippen LogP contribution in [0.15, 0.2) is 35.2 Å². The van der Waals surface area contributed by atoms with Crippen molar-refractivity contribution in [1.29, 1.82) is 0 Å². The highest BCUT2D eigenvalue weighted by atomic mass is 79.9. The molecule has 1 aromatic carbocycles. The molecule has 112 valence electrons. The van der Waals surface area contributed by atoms with Crippen LogP contribution in [0.5, 0.6) is 0 Å². The fraction of sp³-hybridized carbons (Fsp3) is 0.357. The van der Waals surface area contributed by atoms with Crippen molar-refractivity contribution in [1.82, 2.24) is 14.9 Å². The molecule has 3 nitrogen and oxygen atoms in total. The summed E-state index contributed by atoms with van der Waals surface area (Å²) in [5.74, 6) is 0.279. The molecule has 1 aliphatic rings. The minimum atomic E-state index is -4.37. The molecule has 3 rings (SSSR count). The summed E-state index contributed by atoms with van der Waals surface area (Å²) in [5, 5.41) is 3.26. The van der Waals surface area contributed by atoms with Gasteiger partial charge >= 0.3 is 6.18 Å². The first-order valence-electron chi connectivity index (χ1n) is 6.56. The molecule has 1 aromatic heterocycles. The SMILES string of the molecule is FC(F)(F)c1cc(Br)cc(-n2cncc2C2CCNC2)c1. The van der Waals surface area contributed by atoms with Crippen LogP contribution in [0.25, 0.3) is 5.69 Å². The minimum absolute atomic E-state index is 0.279. The first-order chi connectivity index (χ1) is 9.95. The normalized spacial score (nSPS) is 19.1. The van der Waals surface area contributed by atoms with Gasteiger partial charge in [0, 0.05) is 34.5 Å². The van der Waals surface area contributed by atoms with Crippen LogP contribution in [0.3, 0.4) is 0 Å². The molecular formula is C14H13BrF3N3. The molecule has 2 heterocycles.